The normalized spacial score (nSPS) is 10.6. The van der Waals surface area contributed by atoms with E-state index in [0.29, 0.717) is 15.2 Å². The lowest BCUT2D eigenvalue weighted by Gasteiger charge is -2.03. The number of hydrogen-bond acceptors (Lipinski definition) is 4. The minimum absolute atomic E-state index is 0.134. The van der Waals surface area contributed by atoms with Crippen molar-refractivity contribution >= 4 is 22.6 Å². The van der Waals surface area contributed by atoms with Gasteiger partial charge in [0.05, 0.1) is 9.26 Å². The van der Waals surface area contributed by atoms with Gasteiger partial charge in [-0.15, -0.1) is 0 Å². The molecule has 0 unspecified atom stereocenters. The Morgan fingerprint density at radius 2 is 2.25 bits per heavy atom. The summed E-state index contributed by atoms with van der Waals surface area (Å²) in [5, 5.41) is 6.40. The van der Waals surface area contributed by atoms with Crippen molar-refractivity contribution in [2.24, 2.45) is 0 Å². The SMILES string of the molecule is CCCc1nc(-c2ncn[nH]2)[nH]c(=O)c1I. The number of aromatic amines is 2. The molecule has 16 heavy (non-hydrogen) atoms. The number of hydrogen-bond donors (Lipinski definition) is 2. The van der Waals surface area contributed by atoms with E-state index in [1.165, 1.54) is 6.33 Å². The van der Waals surface area contributed by atoms with Crippen molar-refractivity contribution in [3.05, 3.63) is 25.9 Å². The molecule has 0 amide bonds. The number of halogens is 1. The van der Waals surface area contributed by atoms with Gasteiger partial charge in [0.15, 0.2) is 11.6 Å². The van der Waals surface area contributed by atoms with Crippen LogP contribution in [0.2, 0.25) is 0 Å². The molecule has 0 aliphatic carbocycles. The second kappa shape index (κ2) is 4.73. The van der Waals surface area contributed by atoms with Crippen molar-refractivity contribution in [1.82, 2.24) is 25.1 Å². The van der Waals surface area contributed by atoms with Gasteiger partial charge in [0, 0.05) is 0 Å². The molecule has 0 aromatic carbocycles. The molecule has 0 fully saturated rings. The van der Waals surface area contributed by atoms with Gasteiger partial charge < -0.3 is 4.98 Å². The van der Waals surface area contributed by atoms with E-state index >= 15 is 0 Å². The number of nitrogens with zero attached hydrogens (tertiary/aromatic N) is 3. The largest absolute Gasteiger partial charge is 0.303 e. The highest BCUT2D eigenvalue weighted by molar-refractivity contribution is 14.1. The van der Waals surface area contributed by atoms with E-state index in [1.54, 1.807) is 0 Å². The highest BCUT2D eigenvalue weighted by atomic mass is 127. The summed E-state index contributed by atoms with van der Waals surface area (Å²) in [5.74, 6) is 0.914. The number of H-pyrrole nitrogens is 2. The van der Waals surface area contributed by atoms with Crippen LogP contribution in [0.15, 0.2) is 11.1 Å². The molecule has 2 N–H and O–H groups in total. The summed E-state index contributed by atoms with van der Waals surface area (Å²) in [4.78, 5) is 22.7. The molecule has 84 valence electrons. The van der Waals surface area contributed by atoms with Crippen molar-refractivity contribution in [3.63, 3.8) is 0 Å². The molecule has 2 rings (SSSR count). The summed E-state index contributed by atoms with van der Waals surface area (Å²) in [6.07, 6.45) is 3.11. The van der Waals surface area contributed by atoms with Crippen LogP contribution < -0.4 is 5.56 Å². The summed E-state index contributed by atoms with van der Waals surface area (Å²) in [6.45, 7) is 2.05. The Balaban J connectivity index is 2.53. The third kappa shape index (κ3) is 2.13. The maximum Gasteiger partial charge on any atom is 0.264 e. The first kappa shape index (κ1) is 11.2. The summed E-state index contributed by atoms with van der Waals surface area (Å²) in [7, 11) is 0. The van der Waals surface area contributed by atoms with Crippen LogP contribution in [0, 0.1) is 3.57 Å². The van der Waals surface area contributed by atoms with Gasteiger partial charge in [0.25, 0.3) is 5.56 Å². The summed E-state index contributed by atoms with van der Waals surface area (Å²) in [5.41, 5.74) is 0.670. The Labute approximate surface area is 105 Å². The van der Waals surface area contributed by atoms with Crippen molar-refractivity contribution in [1.29, 1.82) is 0 Å². The van der Waals surface area contributed by atoms with Crippen LogP contribution in [0.4, 0.5) is 0 Å². The van der Waals surface area contributed by atoms with Gasteiger partial charge in [-0.25, -0.2) is 9.97 Å². The first-order valence-corrected chi connectivity index (χ1v) is 5.94. The molecule has 0 saturated heterocycles. The molecule has 0 saturated carbocycles. The topological polar surface area (TPSA) is 87.3 Å². The van der Waals surface area contributed by atoms with E-state index in [0.717, 1.165) is 18.5 Å². The molecule has 0 spiro atoms. The second-order valence-electron chi connectivity index (χ2n) is 3.26. The lowest BCUT2D eigenvalue weighted by molar-refractivity contribution is 0.856. The Morgan fingerprint density at radius 3 is 2.88 bits per heavy atom. The molecule has 7 heteroatoms. The number of aryl methyl sites for hydroxylation is 1. The van der Waals surface area contributed by atoms with Crippen molar-refractivity contribution in [2.75, 3.05) is 0 Å². The molecule has 0 bridgehead atoms. The van der Waals surface area contributed by atoms with E-state index in [2.05, 4.69) is 25.1 Å². The van der Waals surface area contributed by atoms with Crippen LogP contribution in [0.3, 0.4) is 0 Å². The van der Waals surface area contributed by atoms with E-state index in [9.17, 15) is 4.79 Å². The molecule has 0 atom stereocenters. The summed E-state index contributed by atoms with van der Waals surface area (Å²) >= 11 is 2.01. The fourth-order valence-electron chi connectivity index (χ4n) is 1.34. The summed E-state index contributed by atoms with van der Waals surface area (Å²) < 4.78 is 0.641. The molecule has 2 heterocycles. The van der Waals surface area contributed by atoms with Gasteiger partial charge in [-0.05, 0) is 29.0 Å². The fourth-order valence-corrected chi connectivity index (χ4v) is 1.86. The Morgan fingerprint density at radius 1 is 1.44 bits per heavy atom. The van der Waals surface area contributed by atoms with Gasteiger partial charge in [-0.3, -0.25) is 9.89 Å². The van der Waals surface area contributed by atoms with Crippen LogP contribution in [0.25, 0.3) is 11.6 Å². The van der Waals surface area contributed by atoms with Crippen LogP contribution >= 0.6 is 22.6 Å². The third-order valence-electron chi connectivity index (χ3n) is 2.06. The van der Waals surface area contributed by atoms with Crippen molar-refractivity contribution in [3.8, 4) is 11.6 Å². The lowest BCUT2D eigenvalue weighted by Crippen LogP contribution is -2.16. The Bertz CT molecular complexity index is 533. The molecule has 0 radical (unpaired) electrons. The monoisotopic (exact) mass is 331 g/mol. The zero-order valence-corrected chi connectivity index (χ0v) is 10.8. The van der Waals surface area contributed by atoms with Crippen molar-refractivity contribution < 1.29 is 0 Å². The van der Waals surface area contributed by atoms with E-state index in [-0.39, 0.29) is 5.56 Å². The molecule has 6 nitrogen and oxygen atoms in total. The number of rotatable bonds is 3. The lowest BCUT2D eigenvalue weighted by atomic mass is 10.2. The first-order valence-electron chi connectivity index (χ1n) is 4.86. The predicted molar refractivity (Wildman–Crippen MR) is 66.9 cm³/mol. The van der Waals surface area contributed by atoms with Gasteiger partial charge in [-0.1, -0.05) is 13.3 Å². The smallest absolute Gasteiger partial charge is 0.264 e. The van der Waals surface area contributed by atoms with E-state index < -0.39 is 0 Å². The molecule has 0 aliphatic rings. The third-order valence-corrected chi connectivity index (χ3v) is 3.17. The number of nitrogens with one attached hydrogen (secondary N) is 2. The van der Waals surface area contributed by atoms with Crippen LogP contribution in [0.1, 0.15) is 19.0 Å². The standard InChI is InChI=1S/C9H10IN5O/c1-2-3-5-6(10)9(16)14-8(13-5)7-11-4-12-15-7/h4H,2-3H2,1H3,(H,11,12,15)(H,13,14,16). The highest BCUT2D eigenvalue weighted by Gasteiger charge is 2.10. The number of aromatic nitrogens is 5. The van der Waals surface area contributed by atoms with Crippen LogP contribution in [-0.2, 0) is 6.42 Å². The average molecular weight is 331 g/mol. The quantitative estimate of drug-likeness (QED) is 0.825. The molecule has 0 aliphatic heterocycles. The zero-order chi connectivity index (χ0) is 11.5. The Hall–Kier alpha value is -1.25. The maximum atomic E-state index is 11.7. The minimum Gasteiger partial charge on any atom is -0.303 e. The van der Waals surface area contributed by atoms with Gasteiger partial charge in [0.2, 0.25) is 0 Å². The average Bonchev–Trinajstić information content (AvgIpc) is 2.78. The molecular weight excluding hydrogens is 321 g/mol. The molecular formula is C9H10IN5O. The summed E-state index contributed by atoms with van der Waals surface area (Å²) in [6, 6.07) is 0. The van der Waals surface area contributed by atoms with Crippen molar-refractivity contribution in [2.45, 2.75) is 19.8 Å². The first-order chi connectivity index (χ1) is 7.72. The van der Waals surface area contributed by atoms with Gasteiger partial charge >= 0.3 is 0 Å². The van der Waals surface area contributed by atoms with Gasteiger partial charge in [-0.2, -0.15) is 5.10 Å². The molecule has 2 aromatic rings. The minimum atomic E-state index is -0.134. The highest BCUT2D eigenvalue weighted by Crippen LogP contribution is 2.11. The van der Waals surface area contributed by atoms with Crippen LogP contribution in [-0.4, -0.2) is 25.1 Å². The van der Waals surface area contributed by atoms with E-state index in [1.807, 2.05) is 29.5 Å². The zero-order valence-electron chi connectivity index (χ0n) is 8.62. The van der Waals surface area contributed by atoms with Gasteiger partial charge in [0.1, 0.15) is 6.33 Å². The second-order valence-corrected chi connectivity index (χ2v) is 4.34. The predicted octanol–water partition coefficient (Wildman–Crippen LogP) is 1.11. The fraction of sp³-hybridized carbons (Fsp3) is 0.333. The Kier molecular flexibility index (Phi) is 3.32. The maximum absolute atomic E-state index is 11.7. The molecule has 2 aromatic heterocycles. The van der Waals surface area contributed by atoms with Crippen LogP contribution in [0.5, 0.6) is 0 Å². The van der Waals surface area contributed by atoms with E-state index in [4.69, 9.17) is 0 Å².